The number of thioether (sulfide) groups is 1. The number of aromatic amines is 2. The number of fused-ring (bicyclic) bond motifs is 3. The Kier molecular flexibility index (Phi) is 8.37. The largest absolute Gasteiger partial charge is 0.508 e. The highest BCUT2D eigenvalue weighted by atomic mass is 32.2. The summed E-state index contributed by atoms with van der Waals surface area (Å²) in [6.07, 6.45) is 7.23. The van der Waals surface area contributed by atoms with Gasteiger partial charge in [0.1, 0.15) is 17.5 Å². The Hall–Kier alpha value is -4.32. The molecule has 8 N–H and O–H groups in total. The maximum Gasteiger partial charge on any atom is 0.315 e. The van der Waals surface area contributed by atoms with Gasteiger partial charge in [0.05, 0.1) is 12.1 Å². The number of rotatable bonds is 12. The van der Waals surface area contributed by atoms with Crippen LogP contribution in [0.2, 0.25) is 0 Å². The lowest BCUT2D eigenvalue weighted by Gasteiger charge is -2.19. The quantitative estimate of drug-likeness (QED) is 0.0912. The second-order valence-electron chi connectivity index (χ2n) is 11.3. The van der Waals surface area contributed by atoms with Crippen LogP contribution in [0, 0.1) is 0 Å². The molecule has 226 valence electrons. The number of urea groups is 1. The average Bonchev–Trinajstić information content (AvgIpc) is 3.75. The lowest BCUT2D eigenvalue weighted by Crippen LogP contribution is -2.48. The van der Waals surface area contributed by atoms with E-state index in [0.717, 1.165) is 51.5 Å². The topological polar surface area (TPSA) is 171 Å². The Morgan fingerprint density at radius 1 is 0.953 bits per heavy atom. The molecule has 4 aromatic rings. The van der Waals surface area contributed by atoms with Gasteiger partial charge in [-0.15, -0.1) is 0 Å². The van der Waals surface area contributed by atoms with Gasteiger partial charge in [0, 0.05) is 64.6 Å². The summed E-state index contributed by atoms with van der Waals surface area (Å²) in [5.74, 6) is 0.729. The number of hydrogen-bond donors (Lipinski definition) is 8. The summed E-state index contributed by atoms with van der Waals surface area (Å²) < 4.78 is 0. The van der Waals surface area contributed by atoms with Crippen molar-refractivity contribution in [2.75, 3.05) is 12.3 Å². The van der Waals surface area contributed by atoms with E-state index in [4.69, 9.17) is 0 Å². The summed E-state index contributed by atoms with van der Waals surface area (Å²) in [5, 5.41) is 33.8. The summed E-state index contributed by atoms with van der Waals surface area (Å²) in [6.45, 7) is 0.356. The van der Waals surface area contributed by atoms with Gasteiger partial charge >= 0.3 is 6.03 Å². The van der Waals surface area contributed by atoms with Crippen molar-refractivity contribution in [1.82, 2.24) is 31.2 Å². The number of carbonyl (C=O) groups is 3. The number of phenolic OH excluding ortho intramolecular Hbond substituents is 2. The predicted octanol–water partition coefficient (Wildman–Crippen LogP) is 3.17. The zero-order valence-electron chi connectivity index (χ0n) is 23.6. The van der Waals surface area contributed by atoms with Crippen LogP contribution in [0.25, 0.3) is 21.8 Å². The van der Waals surface area contributed by atoms with Gasteiger partial charge in [-0.1, -0.05) is 6.42 Å². The molecule has 2 aliphatic heterocycles. The molecule has 11 nitrogen and oxygen atoms in total. The summed E-state index contributed by atoms with van der Waals surface area (Å²) >= 11 is 1.86. The number of benzene rings is 2. The Labute approximate surface area is 252 Å². The third kappa shape index (κ3) is 6.53. The summed E-state index contributed by atoms with van der Waals surface area (Å²) in [5.41, 5.74) is 3.53. The summed E-state index contributed by atoms with van der Waals surface area (Å²) in [7, 11) is 0. The fourth-order valence-corrected chi connectivity index (χ4v) is 7.67. The van der Waals surface area contributed by atoms with E-state index in [2.05, 4.69) is 31.2 Å². The Morgan fingerprint density at radius 2 is 1.65 bits per heavy atom. The molecule has 0 aliphatic carbocycles. The van der Waals surface area contributed by atoms with E-state index in [0.29, 0.717) is 31.1 Å². The minimum Gasteiger partial charge on any atom is -0.508 e. The molecule has 0 radical (unpaired) electrons. The van der Waals surface area contributed by atoms with Gasteiger partial charge < -0.3 is 41.4 Å². The monoisotopic (exact) mass is 604 g/mol. The first-order valence-electron chi connectivity index (χ1n) is 14.7. The number of aromatic hydroxyl groups is 2. The highest BCUT2D eigenvalue weighted by molar-refractivity contribution is 8.00. The van der Waals surface area contributed by atoms with Crippen molar-refractivity contribution < 1.29 is 24.6 Å². The third-order valence-corrected chi connectivity index (χ3v) is 9.86. The zero-order valence-corrected chi connectivity index (χ0v) is 24.4. The maximum absolute atomic E-state index is 13.4. The summed E-state index contributed by atoms with van der Waals surface area (Å²) in [6, 6.07) is 9.58. The average molecular weight is 605 g/mol. The van der Waals surface area contributed by atoms with Crippen LogP contribution >= 0.6 is 11.8 Å². The van der Waals surface area contributed by atoms with Crippen LogP contribution < -0.4 is 21.3 Å². The van der Waals surface area contributed by atoms with Gasteiger partial charge in [-0.3, -0.25) is 9.59 Å². The van der Waals surface area contributed by atoms with Crippen molar-refractivity contribution in [1.29, 1.82) is 0 Å². The molecule has 4 atom stereocenters. The fourth-order valence-electron chi connectivity index (χ4n) is 6.12. The molecule has 2 aromatic carbocycles. The second kappa shape index (κ2) is 12.5. The number of amides is 4. The first kappa shape index (κ1) is 28.8. The molecule has 2 aromatic heterocycles. The fraction of sp³-hybridized carbons (Fsp3) is 0.387. The van der Waals surface area contributed by atoms with E-state index in [-0.39, 0.29) is 47.8 Å². The standard InChI is InChI=1S/C31H36N6O5S/c38-19-5-7-23-21(12-19)17(14-33-23)9-10-32-30(41)25(11-18-15-34-24-8-6-20(39)13-22(18)24)35-28(40)4-2-1-3-27-29-26(16-43-27)36-31(42)37-29/h5-8,12-15,25-27,29,33-34,38-39H,1-4,9-11,16H2,(H,32,41)(H,35,40)(H2,36,37,42)/t25?,26-,27-,29-/m0/s1. The first-order valence-corrected chi connectivity index (χ1v) is 15.7. The van der Waals surface area contributed by atoms with Crippen molar-refractivity contribution in [2.45, 2.75) is 61.9 Å². The Balaban J connectivity index is 1.06. The molecule has 0 bridgehead atoms. The van der Waals surface area contributed by atoms with Gasteiger partial charge in [0.2, 0.25) is 11.8 Å². The molecule has 2 fully saturated rings. The zero-order chi connectivity index (χ0) is 29.9. The van der Waals surface area contributed by atoms with Crippen LogP contribution in [0.15, 0.2) is 48.8 Å². The first-order chi connectivity index (χ1) is 20.8. The van der Waals surface area contributed by atoms with Crippen LogP contribution in [0.3, 0.4) is 0 Å². The van der Waals surface area contributed by atoms with E-state index < -0.39 is 6.04 Å². The van der Waals surface area contributed by atoms with E-state index in [1.54, 1.807) is 36.5 Å². The van der Waals surface area contributed by atoms with Gasteiger partial charge in [0.15, 0.2) is 0 Å². The van der Waals surface area contributed by atoms with Gasteiger partial charge in [0.25, 0.3) is 0 Å². The predicted molar refractivity (Wildman–Crippen MR) is 166 cm³/mol. The van der Waals surface area contributed by atoms with Crippen molar-refractivity contribution in [3.63, 3.8) is 0 Å². The maximum atomic E-state index is 13.4. The number of carbonyl (C=O) groups excluding carboxylic acids is 3. The number of aromatic nitrogens is 2. The van der Waals surface area contributed by atoms with Gasteiger partial charge in [-0.05, 0) is 66.8 Å². The Morgan fingerprint density at radius 3 is 2.40 bits per heavy atom. The molecule has 43 heavy (non-hydrogen) atoms. The molecule has 0 saturated carbocycles. The molecule has 4 heterocycles. The minimum absolute atomic E-state index is 0.102. The normalized spacial score (nSPS) is 20.1. The van der Waals surface area contributed by atoms with Crippen molar-refractivity contribution in [3.05, 3.63) is 59.9 Å². The molecule has 1 unspecified atom stereocenters. The molecular formula is C31H36N6O5S. The number of hydrogen-bond acceptors (Lipinski definition) is 6. The highest BCUT2D eigenvalue weighted by Crippen LogP contribution is 2.33. The number of unbranched alkanes of at least 4 members (excludes halogenated alkanes) is 1. The molecular weight excluding hydrogens is 568 g/mol. The van der Waals surface area contributed by atoms with Crippen molar-refractivity contribution >= 4 is 51.4 Å². The molecule has 6 rings (SSSR count). The van der Waals surface area contributed by atoms with E-state index >= 15 is 0 Å². The van der Waals surface area contributed by atoms with Crippen molar-refractivity contribution in [2.24, 2.45) is 0 Å². The highest BCUT2D eigenvalue weighted by Gasteiger charge is 2.42. The Bertz CT molecular complexity index is 1650. The van der Waals surface area contributed by atoms with Crippen LogP contribution in [-0.2, 0) is 22.4 Å². The molecule has 4 amide bonds. The second-order valence-corrected chi connectivity index (χ2v) is 12.6. The van der Waals surface area contributed by atoms with E-state index in [1.807, 2.05) is 24.0 Å². The van der Waals surface area contributed by atoms with Crippen LogP contribution in [0.5, 0.6) is 11.5 Å². The SMILES string of the molecule is O=C(CCCC[C@@H]1SC[C@@H]2NC(=O)N[C@@H]21)NC(Cc1c[nH]c2ccc(O)cc12)C(=O)NCCc1c[nH]c2ccc(O)cc12. The van der Waals surface area contributed by atoms with Crippen molar-refractivity contribution in [3.8, 4) is 11.5 Å². The lowest BCUT2D eigenvalue weighted by atomic mass is 10.0. The minimum atomic E-state index is -0.799. The number of H-pyrrole nitrogens is 2. The van der Waals surface area contributed by atoms with Gasteiger partial charge in [-0.25, -0.2) is 4.79 Å². The van der Waals surface area contributed by atoms with Crippen LogP contribution in [0.4, 0.5) is 4.79 Å². The molecule has 2 saturated heterocycles. The molecule has 12 heteroatoms. The number of nitrogens with one attached hydrogen (secondary N) is 6. The molecule has 2 aliphatic rings. The van der Waals surface area contributed by atoms with E-state index in [9.17, 15) is 24.6 Å². The van der Waals surface area contributed by atoms with E-state index in [1.165, 1.54) is 0 Å². The van der Waals surface area contributed by atoms with Crippen LogP contribution in [-0.4, -0.2) is 73.7 Å². The summed E-state index contributed by atoms with van der Waals surface area (Å²) in [4.78, 5) is 44.4. The van der Waals surface area contributed by atoms with Gasteiger partial charge in [-0.2, -0.15) is 11.8 Å². The third-order valence-electron chi connectivity index (χ3n) is 8.35. The van der Waals surface area contributed by atoms with Crippen LogP contribution in [0.1, 0.15) is 36.8 Å². The number of phenols is 2. The smallest absolute Gasteiger partial charge is 0.315 e. The molecule has 0 spiro atoms. The lowest BCUT2D eigenvalue weighted by molar-refractivity contribution is -0.129.